The Kier molecular flexibility index (Phi) is 3.80. The van der Waals surface area contributed by atoms with Gasteiger partial charge in [-0.25, -0.2) is 0 Å². The predicted molar refractivity (Wildman–Crippen MR) is 81.8 cm³/mol. The molecular weight excluding hydrogens is 325 g/mol. The highest BCUT2D eigenvalue weighted by Gasteiger charge is 2.49. The van der Waals surface area contributed by atoms with E-state index >= 15 is 0 Å². The van der Waals surface area contributed by atoms with Crippen LogP contribution in [0.5, 0.6) is 0 Å². The first-order chi connectivity index (χ1) is 10.8. The summed E-state index contributed by atoms with van der Waals surface area (Å²) in [5, 5.41) is 1.83. The van der Waals surface area contributed by atoms with Gasteiger partial charge in [0.1, 0.15) is 11.4 Å². The molecule has 1 aliphatic heterocycles. The Bertz CT molecular complexity index is 748. The van der Waals surface area contributed by atoms with Gasteiger partial charge in [-0.3, -0.25) is 4.79 Å². The zero-order valence-corrected chi connectivity index (χ0v) is 13.0. The number of ether oxygens (including phenoxy) is 1. The molecule has 1 unspecified atom stereocenters. The summed E-state index contributed by atoms with van der Waals surface area (Å²) in [7, 11) is 0. The van der Waals surface area contributed by atoms with Crippen molar-refractivity contribution in [2.75, 3.05) is 0 Å². The fourth-order valence-electron chi connectivity index (χ4n) is 2.63. The van der Waals surface area contributed by atoms with Crippen molar-refractivity contribution in [3.05, 3.63) is 63.9 Å². The zero-order valence-electron chi connectivity index (χ0n) is 12.2. The molecule has 0 amide bonds. The van der Waals surface area contributed by atoms with Crippen molar-refractivity contribution in [1.29, 1.82) is 0 Å². The second-order valence-electron chi connectivity index (χ2n) is 5.49. The molecule has 6 heteroatoms. The molecule has 0 bridgehead atoms. The number of halogens is 3. The average Bonchev–Trinajstić information content (AvgIpc) is 3.15. The van der Waals surface area contributed by atoms with Crippen LogP contribution in [0, 0.1) is 0 Å². The van der Waals surface area contributed by atoms with E-state index in [2.05, 4.69) is 0 Å². The van der Waals surface area contributed by atoms with Crippen molar-refractivity contribution in [1.82, 2.24) is 0 Å². The number of hydrogen-bond acceptors (Lipinski definition) is 3. The van der Waals surface area contributed by atoms with Gasteiger partial charge in [0.15, 0.2) is 0 Å². The molecule has 0 radical (unpaired) electrons. The fourth-order valence-corrected chi connectivity index (χ4v) is 3.46. The van der Waals surface area contributed by atoms with Gasteiger partial charge < -0.3 is 4.74 Å². The monoisotopic (exact) mass is 338 g/mol. The standard InChI is InChI=1S/C17H13F3O2S/c1-16(13-8-5-9-23-13)10-12(15(21)17(18,19)20)14(22-16)11-6-3-2-4-7-11/h2-9H,10H2,1H3. The van der Waals surface area contributed by atoms with Crippen molar-refractivity contribution in [3.8, 4) is 0 Å². The first-order valence-electron chi connectivity index (χ1n) is 6.94. The summed E-state index contributed by atoms with van der Waals surface area (Å²) in [5.74, 6) is -1.82. The maximum Gasteiger partial charge on any atom is 0.454 e. The second-order valence-corrected chi connectivity index (χ2v) is 6.44. The molecule has 120 valence electrons. The van der Waals surface area contributed by atoms with E-state index in [0.29, 0.717) is 5.56 Å². The summed E-state index contributed by atoms with van der Waals surface area (Å²) in [4.78, 5) is 12.6. The maximum atomic E-state index is 12.9. The van der Waals surface area contributed by atoms with Gasteiger partial charge in [-0.15, -0.1) is 11.3 Å². The number of thiophene rings is 1. The van der Waals surface area contributed by atoms with Crippen LogP contribution in [0.25, 0.3) is 5.76 Å². The van der Waals surface area contributed by atoms with Crippen molar-refractivity contribution >= 4 is 22.9 Å². The minimum absolute atomic E-state index is 0.0174. The third-order valence-electron chi connectivity index (χ3n) is 3.73. The lowest BCUT2D eigenvalue weighted by Gasteiger charge is -2.24. The lowest BCUT2D eigenvalue weighted by molar-refractivity contribution is -0.166. The van der Waals surface area contributed by atoms with Crippen LogP contribution in [-0.2, 0) is 15.1 Å². The van der Waals surface area contributed by atoms with E-state index in [1.54, 1.807) is 49.4 Å². The Morgan fingerprint density at radius 2 is 1.87 bits per heavy atom. The summed E-state index contributed by atoms with van der Waals surface area (Å²) in [6, 6.07) is 12.0. The molecule has 0 N–H and O–H groups in total. The quantitative estimate of drug-likeness (QED) is 0.793. The van der Waals surface area contributed by atoms with Crippen molar-refractivity contribution < 1.29 is 22.7 Å². The van der Waals surface area contributed by atoms with Crippen LogP contribution >= 0.6 is 11.3 Å². The molecule has 0 fully saturated rings. The van der Waals surface area contributed by atoms with Crippen LogP contribution in [-0.4, -0.2) is 12.0 Å². The Balaban J connectivity index is 2.07. The lowest BCUT2D eigenvalue weighted by Crippen LogP contribution is -2.26. The van der Waals surface area contributed by atoms with Gasteiger partial charge >= 0.3 is 6.18 Å². The SMILES string of the molecule is CC1(c2cccs2)CC(C(=O)C(F)(F)F)=C(c2ccccc2)O1. The molecule has 3 rings (SSSR count). The topological polar surface area (TPSA) is 26.3 Å². The fraction of sp³-hybridized carbons (Fsp3) is 0.235. The van der Waals surface area contributed by atoms with Gasteiger partial charge in [0.05, 0.1) is 5.57 Å². The Morgan fingerprint density at radius 1 is 1.17 bits per heavy atom. The van der Waals surface area contributed by atoms with Crippen molar-refractivity contribution in [3.63, 3.8) is 0 Å². The number of Topliss-reactive ketones (excluding diaryl/α,β-unsaturated/α-hetero) is 1. The Morgan fingerprint density at radius 3 is 2.43 bits per heavy atom. The summed E-state index contributed by atoms with van der Waals surface area (Å²) >= 11 is 1.39. The van der Waals surface area contributed by atoms with E-state index in [4.69, 9.17) is 4.74 Å². The number of carbonyl (C=O) groups is 1. The number of hydrogen-bond donors (Lipinski definition) is 0. The lowest BCUT2D eigenvalue weighted by atomic mass is 9.94. The van der Waals surface area contributed by atoms with Gasteiger partial charge in [-0.2, -0.15) is 13.2 Å². The molecule has 0 saturated carbocycles. The molecule has 2 aromatic rings. The van der Waals surface area contributed by atoms with Gasteiger partial charge in [0.2, 0.25) is 0 Å². The number of rotatable bonds is 3. The Labute approximate surface area is 135 Å². The molecule has 2 heterocycles. The molecule has 1 aliphatic rings. The van der Waals surface area contributed by atoms with Crippen LogP contribution in [0.15, 0.2) is 53.4 Å². The number of carbonyl (C=O) groups excluding carboxylic acids is 1. The van der Waals surface area contributed by atoms with Gasteiger partial charge in [0, 0.05) is 16.9 Å². The van der Waals surface area contributed by atoms with E-state index in [-0.39, 0.29) is 17.8 Å². The van der Waals surface area contributed by atoms with Gasteiger partial charge in [-0.1, -0.05) is 36.4 Å². The van der Waals surface area contributed by atoms with Gasteiger partial charge in [0.25, 0.3) is 5.78 Å². The highest BCUT2D eigenvalue weighted by Crippen LogP contribution is 2.48. The minimum Gasteiger partial charge on any atom is -0.481 e. The highest BCUT2D eigenvalue weighted by molar-refractivity contribution is 7.10. The van der Waals surface area contributed by atoms with Gasteiger partial charge in [-0.05, 0) is 18.4 Å². The number of ketones is 1. The van der Waals surface area contributed by atoms with E-state index in [1.165, 1.54) is 11.3 Å². The third kappa shape index (κ3) is 2.91. The van der Waals surface area contributed by atoms with Crippen LogP contribution in [0.4, 0.5) is 13.2 Å². The third-order valence-corrected chi connectivity index (χ3v) is 4.84. The molecule has 1 atom stereocenters. The number of alkyl halides is 3. The zero-order chi connectivity index (χ0) is 16.7. The van der Waals surface area contributed by atoms with E-state index in [9.17, 15) is 18.0 Å². The minimum atomic E-state index is -4.92. The van der Waals surface area contributed by atoms with E-state index in [1.807, 2.05) is 5.38 Å². The Hall–Kier alpha value is -2.08. The molecule has 0 spiro atoms. The second kappa shape index (κ2) is 5.53. The van der Waals surface area contributed by atoms with E-state index < -0.39 is 17.6 Å². The summed E-state index contributed by atoms with van der Waals surface area (Å²) < 4.78 is 44.7. The maximum absolute atomic E-state index is 12.9. The molecular formula is C17H13F3O2S. The first kappa shape index (κ1) is 15.8. The van der Waals surface area contributed by atoms with Crippen LogP contribution in [0.1, 0.15) is 23.8 Å². The smallest absolute Gasteiger partial charge is 0.454 e. The summed E-state index contributed by atoms with van der Waals surface area (Å²) in [6.45, 7) is 1.71. The highest BCUT2D eigenvalue weighted by atomic mass is 32.1. The average molecular weight is 338 g/mol. The molecule has 2 nitrogen and oxygen atoms in total. The first-order valence-corrected chi connectivity index (χ1v) is 7.82. The molecule has 1 aromatic carbocycles. The largest absolute Gasteiger partial charge is 0.481 e. The summed E-state index contributed by atoms with van der Waals surface area (Å²) in [5.41, 5.74) is -0.810. The molecule has 0 aliphatic carbocycles. The van der Waals surface area contributed by atoms with Crippen LogP contribution < -0.4 is 0 Å². The molecule has 0 saturated heterocycles. The molecule has 23 heavy (non-hydrogen) atoms. The number of benzene rings is 1. The summed E-state index contributed by atoms with van der Waals surface area (Å²) in [6.07, 6.45) is -5.02. The van der Waals surface area contributed by atoms with Crippen LogP contribution in [0.2, 0.25) is 0 Å². The van der Waals surface area contributed by atoms with E-state index in [0.717, 1.165) is 4.88 Å². The van der Waals surface area contributed by atoms with Crippen molar-refractivity contribution in [2.45, 2.75) is 25.1 Å². The predicted octanol–water partition coefficient (Wildman–Crippen LogP) is 4.93. The van der Waals surface area contributed by atoms with Crippen molar-refractivity contribution in [2.24, 2.45) is 0 Å². The van der Waals surface area contributed by atoms with Crippen LogP contribution in [0.3, 0.4) is 0 Å². The molecule has 1 aromatic heterocycles. The normalized spacial score (nSPS) is 21.4.